The van der Waals surface area contributed by atoms with Crippen LogP contribution in [0.3, 0.4) is 0 Å². The van der Waals surface area contributed by atoms with Gasteiger partial charge in [-0.3, -0.25) is 0 Å². The first kappa shape index (κ1) is 10.1. The first-order valence-electron chi connectivity index (χ1n) is 4.10. The maximum Gasteiger partial charge on any atom is 0.143 e. The van der Waals surface area contributed by atoms with Crippen LogP contribution in [0, 0.1) is 29.5 Å². The van der Waals surface area contributed by atoms with Crippen molar-refractivity contribution in [3.8, 4) is 18.4 Å². The number of nitrogens with zero attached hydrogens (tertiary/aromatic N) is 1. The minimum absolute atomic E-state index is 0.00500. The second-order valence-electron chi connectivity index (χ2n) is 2.81. The van der Waals surface area contributed by atoms with E-state index in [2.05, 4.69) is 11.2 Å². The molecule has 0 amide bonds. The molecule has 0 bridgehead atoms. The number of nitrogens with one attached hydrogen (secondary N) is 1. The van der Waals surface area contributed by atoms with Crippen molar-refractivity contribution in [3.05, 3.63) is 29.6 Å². The van der Waals surface area contributed by atoms with Gasteiger partial charge in [-0.1, -0.05) is 12.0 Å². The quantitative estimate of drug-likeness (QED) is 0.721. The molecule has 0 heterocycles. The van der Waals surface area contributed by atoms with Gasteiger partial charge in [0.25, 0.3) is 0 Å². The number of benzene rings is 1. The van der Waals surface area contributed by atoms with E-state index >= 15 is 0 Å². The van der Waals surface area contributed by atoms with Gasteiger partial charge in [-0.2, -0.15) is 5.26 Å². The molecule has 0 aliphatic carbocycles. The maximum atomic E-state index is 13.1. The van der Waals surface area contributed by atoms with Gasteiger partial charge >= 0.3 is 0 Å². The summed E-state index contributed by atoms with van der Waals surface area (Å²) in [6.45, 7) is 1.76. The number of hydrogen-bond donors (Lipinski definition) is 1. The lowest BCUT2D eigenvalue weighted by molar-refractivity contribution is 0.624. The van der Waals surface area contributed by atoms with Crippen LogP contribution in [0.4, 0.5) is 10.1 Å². The molecule has 0 saturated heterocycles. The zero-order valence-corrected chi connectivity index (χ0v) is 7.71. The first-order chi connectivity index (χ1) is 6.69. The normalized spacial score (nSPS) is 11.1. The van der Waals surface area contributed by atoms with Crippen molar-refractivity contribution in [2.24, 2.45) is 0 Å². The van der Waals surface area contributed by atoms with Crippen LogP contribution in [0.2, 0.25) is 0 Å². The Morgan fingerprint density at radius 2 is 2.29 bits per heavy atom. The number of anilines is 1. The average molecular weight is 188 g/mol. The van der Waals surface area contributed by atoms with Crippen LogP contribution in [0.15, 0.2) is 18.2 Å². The molecular formula is C11H9FN2. The number of terminal acetylenes is 1. The van der Waals surface area contributed by atoms with E-state index in [1.807, 2.05) is 0 Å². The summed E-state index contributed by atoms with van der Waals surface area (Å²) >= 11 is 0. The number of hydrogen-bond acceptors (Lipinski definition) is 2. The molecule has 1 atom stereocenters. The summed E-state index contributed by atoms with van der Waals surface area (Å²) in [5.41, 5.74) is 0.424. The van der Waals surface area contributed by atoms with Gasteiger partial charge in [0.05, 0.1) is 11.7 Å². The minimum Gasteiger partial charge on any atom is -0.371 e. The van der Waals surface area contributed by atoms with Gasteiger partial charge in [0.15, 0.2) is 0 Å². The van der Waals surface area contributed by atoms with Crippen molar-refractivity contribution in [1.82, 2.24) is 0 Å². The summed E-state index contributed by atoms with van der Waals surface area (Å²) in [5.74, 6) is 1.90. The topological polar surface area (TPSA) is 35.8 Å². The zero-order chi connectivity index (χ0) is 10.6. The van der Waals surface area contributed by atoms with E-state index < -0.39 is 5.82 Å². The molecule has 0 aliphatic rings. The third-order valence-corrected chi connectivity index (χ3v) is 1.75. The van der Waals surface area contributed by atoms with E-state index in [9.17, 15) is 4.39 Å². The zero-order valence-electron chi connectivity index (χ0n) is 7.71. The summed E-state index contributed by atoms with van der Waals surface area (Å²) in [5, 5.41) is 11.6. The Labute approximate surface area is 82.4 Å². The summed E-state index contributed by atoms with van der Waals surface area (Å²) in [6.07, 6.45) is 5.16. The van der Waals surface area contributed by atoms with Gasteiger partial charge in [-0.15, -0.1) is 6.42 Å². The Hall–Kier alpha value is -2.00. The number of halogens is 1. The van der Waals surface area contributed by atoms with Crippen LogP contribution in [0.1, 0.15) is 12.5 Å². The molecule has 70 valence electrons. The molecule has 1 N–H and O–H groups in total. The number of rotatable bonds is 2. The summed E-state index contributed by atoms with van der Waals surface area (Å²) in [7, 11) is 0. The fourth-order valence-electron chi connectivity index (χ4n) is 1.03. The maximum absolute atomic E-state index is 13.1. The van der Waals surface area contributed by atoms with E-state index in [1.54, 1.807) is 19.1 Å². The molecule has 2 nitrogen and oxygen atoms in total. The molecule has 0 radical (unpaired) electrons. The van der Waals surface area contributed by atoms with E-state index in [-0.39, 0.29) is 11.6 Å². The van der Waals surface area contributed by atoms with E-state index in [0.717, 1.165) is 0 Å². The van der Waals surface area contributed by atoms with Crippen LogP contribution in [-0.2, 0) is 0 Å². The molecule has 3 heteroatoms. The minimum atomic E-state index is -0.540. The van der Waals surface area contributed by atoms with Crippen molar-refractivity contribution in [1.29, 1.82) is 5.26 Å². The molecule has 1 aromatic carbocycles. The third-order valence-electron chi connectivity index (χ3n) is 1.75. The lowest BCUT2D eigenvalue weighted by Crippen LogP contribution is -2.13. The second kappa shape index (κ2) is 4.30. The van der Waals surface area contributed by atoms with Gasteiger partial charge in [-0.05, 0) is 19.1 Å². The number of nitriles is 1. The molecule has 0 aromatic heterocycles. The summed E-state index contributed by atoms with van der Waals surface area (Å²) in [6, 6.07) is 5.95. The summed E-state index contributed by atoms with van der Waals surface area (Å²) < 4.78 is 13.1. The Bertz CT molecular complexity index is 412. The predicted molar refractivity (Wildman–Crippen MR) is 53.0 cm³/mol. The molecule has 14 heavy (non-hydrogen) atoms. The first-order valence-corrected chi connectivity index (χ1v) is 4.10. The molecule has 0 fully saturated rings. The highest BCUT2D eigenvalue weighted by atomic mass is 19.1. The van der Waals surface area contributed by atoms with Crippen molar-refractivity contribution in [3.63, 3.8) is 0 Å². The fourth-order valence-corrected chi connectivity index (χ4v) is 1.03. The van der Waals surface area contributed by atoms with Gasteiger partial charge in [0, 0.05) is 0 Å². The van der Waals surface area contributed by atoms with Gasteiger partial charge < -0.3 is 5.32 Å². The SMILES string of the molecule is C#CC(C)Nc1cccc(F)c1C#N. The Balaban J connectivity index is 3.05. The molecule has 0 spiro atoms. The highest BCUT2D eigenvalue weighted by Crippen LogP contribution is 2.18. The Kier molecular flexibility index (Phi) is 3.09. The van der Waals surface area contributed by atoms with Crippen LogP contribution in [0.25, 0.3) is 0 Å². The standard InChI is InChI=1S/C11H9FN2/c1-3-8(2)14-11-6-4-5-10(12)9(11)7-13/h1,4-6,8,14H,2H3. The highest BCUT2D eigenvalue weighted by Gasteiger charge is 2.08. The Morgan fingerprint density at radius 1 is 1.57 bits per heavy atom. The van der Waals surface area contributed by atoms with Crippen molar-refractivity contribution >= 4 is 5.69 Å². The van der Waals surface area contributed by atoms with Crippen molar-refractivity contribution in [2.75, 3.05) is 5.32 Å². The predicted octanol–water partition coefficient (Wildman–Crippen LogP) is 2.13. The molecular weight excluding hydrogens is 179 g/mol. The van der Waals surface area contributed by atoms with Crippen LogP contribution < -0.4 is 5.32 Å². The van der Waals surface area contributed by atoms with Crippen LogP contribution in [-0.4, -0.2) is 6.04 Å². The van der Waals surface area contributed by atoms with Crippen LogP contribution in [0.5, 0.6) is 0 Å². The van der Waals surface area contributed by atoms with Crippen LogP contribution >= 0.6 is 0 Å². The highest BCUT2D eigenvalue weighted by molar-refractivity contribution is 5.58. The Morgan fingerprint density at radius 3 is 2.86 bits per heavy atom. The third kappa shape index (κ3) is 2.02. The van der Waals surface area contributed by atoms with E-state index in [4.69, 9.17) is 11.7 Å². The van der Waals surface area contributed by atoms with Gasteiger partial charge in [0.2, 0.25) is 0 Å². The molecule has 1 rings (SSSR count). The van der Waals surface area contributed by atoms with Gasteiger partial charge in [-0.25, -0.2) is 4.39 Å². The van der Waals surface area contributed by atoms with Crippen molar-refractivity contribution in [2.45, 2.75) is 13.0 Å². The lowest BCUT2D eigenvalue weighted by atomic mass is 10.1. The van der Waals surface area contributed by atoms with E-state index in [0.29, 0.717) is 5.69 Å². The monoisotopic (exact) mass is 188 g/mol. The molecule has 0 saturated carbocycles. The average Bonchev–Trinajstić information content (AvgIpc) is 2.18. The molecule has 0 aliphatic heterocycles. The molecule has 1 aromatic rings. The largest absolute Gasteiger partial charge is 0.371 e. The smallest absolute Gasteiger partial charge is 0.143 e. The fraction of sp³-hybridized carbons (Fsp3) is 0.182. The lowest BCUT2D eigenvalue weighted by Gasteiger charge is -2.10. The van der Waals surface area contributed by atoms with E-state index in [1.165, 1.54) is 12.1 Å². The van der Waals surface area contributed by atoms with Gasteiger partial charge in [0.1, 0.15) is 17.4 Å². The molecule has 1 unspecified atom stereocenters. The second-order valence-corrected chi connectivity index (χ2v) is 2.81. The summed E-state index contributed by atoms with van der Waals surface area (Å²) in [4.78, 5) is 0. The van der Waals surface area contributed by atoms with Crippen molar-refractivity contribution < 1.29 is 4.39 Å².